The van der Waals surface area contributed by atoms with Crippen molar-refractivity contribution in [3.63, 3.8) is 0 Å². The molecule has 1 unspecified atom stereocenters. The maximum absolute atomic E-state index is 10.7. The first-order valence-electron chi connectivity index (χ1n) is 4.32. The van der Waals surface area contributed by atoms with Crippen molar-refractivity contribution >= 4 is 6.03 Å². The summed E-state index contributed by atoms with van der Waals surface area (Å²) < 4.78 is 0. The van der Waals surface area contributed by atoms with Gasteiger partial charge in [-0.2, -0.15) is 0 Å². The van der Waals surface area contributed by atoms with Gasteiger partial charge in [0.2, 0.25) is 0 Å². The monoisotopic (exact) mass is 194 g/mol. The van der Waals surface area contributed by atoms with Crippen molar-refractivity contribution in [1.29, 1.82) is 0 Å². The van der Waals surface area contributed by atoms with E-state index in [-0.39, 0.29) is 6.61 Å². The summed E-state index contributed by atoms with van der Waals surface area (Å²) in [6.07, 6.45) is 0. The van der Waals surface area contributed by atoms with Crippen LogP contribution in [0.3, 0.4) is 0 Å². The van der Waals surface area contributed by atoms with Gasteiger partial charge in [0.1, 0.15) is 0 Å². The molecule has 0 spiro atoms. The number of nitrogens with one attached hydrogen (secondary N) is 1. The van der Waals surface area contributed by atoms with Gasteiger partial charge in [-0.25, -0.2) is 4.79 Å². The molecule has 14 heavy (non-hydrogen) atoms. The van der Waals surface area contributed by atoms with Crippen LogP contribution in [0.25, 0.3) is 0 Å². The fraction of sp³-hybridized carbons (Fsp3) is 0.300. The van der Waals surface area contributed by atoms with Crippen molar-refractivity contribution < 1.29 is 9.90 Å². The van der Waals surface area contributed by atoms with E-state index in [0.717, 1.165) is 5.56 Å². The Balaban J connectivity index is 2.95. The molecule has 0 aromatic heterocycles. The van der Waals surface area contributed by atoms with Crippen LogP contribution in [0.4, 0.5) is 4.79 Å². The molecule has 4 heteroatoms. The fourth-order valence-electron chi connectivity index (χ4n) is 1.28. The first kappa shape index (κ1) is 10.5. The Morgan fingerprint density at radius 3 is 2.50 bits per heavy atom. The molecular formula is C10H14N2O2. The summed E-state index contributed by atoms with van der Waals surface area (Å²) in [6.45, 7) is 1.52. The molecule has 0 radical (unpaired) electrons. The molecular weight excluding hydrogens is 180 g/mol. The van der Waals surface area contributed by atoms with E-state index in [1.165, 1.54) is 0 Å². The van der Waals surface area contributed by atoms with Crippen LogP contribution in [0.15, 0.2) is 30.3 Å². The standard InChI is InChI=1S/C10H14N2O2/c1-10(7-13,12-9(11)14)8-5-3-2-4-6-8/h2-6,13H,7H2,1H3,(H3,11,12,14). The molecule has 0 saturated heterocycles. The van der Waals surface area contributed by atoms with Crippen molar-refractivity contribution in [2.45, 2.75) is 12.5 Å². The molecule has 2 amide bonds. The van der Waals surface area contributed by atoms with Gasteiger partial charge in [-0.15, -0.1) is 0 Å². The molecule has 4 nitrogen and oxygen atoms in total. The summed E-state index contributed by atoms with van der Waals surface area (Å²) in [5.41, 5.74) is 5.04. The zero-order chi connectivity index (χ0) is 10.6. The largest absolute Gasteiger partial charge is 0.394 e. The third-order valence-corrected chi connectivity index (χ3v) is 2.13. The number of carbonyl (C=O) groups excluding carboxylic acids is 1. The Morgan fingerprint density at radius 1 is 1.50 bits per heavy atom. The number of hydrogen-bond acceptors (Lipinski definition) is 2. The number of urea groups is 1. The van der Waals surface area contributed by atoms with Crippen molar-refractivity contribution in [3.8, 4) is 0 Å². The van der Waals surface area contributed by atoms with Gasteiger partial charge in [0, 0.05) is 0 Å². The minimum atomic E-state index is -0.812. The highest BCUT2D eigenvalue weighted by Crippen LogP contribution is 2.19. The molecule has 4 N–H and O–H groups in total. The zero-order valence-electron chi connectivity index (χ0n) is 8.03. The molecule has 0 aliphatic rings. The maximum Gasteiger partial charge on any atom is 0.312 e. The van der Waals surface area contributed by atoms with E-state index in [2.05, 4.69) is 5.32 Å². The molecule has 0 heterocycles. The second kappa shape index (κ2) is 4.11. The fourth-order valence-corrected chi connectivity index (χ4v) is 1.28. The number of rotatable bonds is 3. The summed E-state index contributed by atoms with van der Waals surface area (Å²) in [5, 5.41) is 11.7. The molecule has 76 valence electrons. The number of hydrogen-bond donors (Lipinski definition) is 3. The number of aliphatic hydroxyl groups is 1. The minimum absolute atomic E-state index is 0.194. The predicted octanol–water partition coefficient (Wildman–Crippen LogP) is 0.562. The van der Waals surface area contributed by atoms with Crippen molar-refractivity contribution in [1.82, 2.24) is 5.32 Å². The minimum Gasteiger partial charge on any atom is -0.394 e. The second-order valence-electron chi connectivity index (χ2n) is 3.35. The highest BCUT2D eigenvalue weighted by atomic mass is 16.3. The van der Waals surface area contributed by atoms with Crippen LogP contribution in [0.1, 0.15) is 12.5 Å². The Morgan fingerprint density at radius 2 is 2.07 bits per heavy atom. The normalized spacial score (nSPS) is 14.4. The Kier molecular flexibility index (Phi) is 3.09. The van der Waals surface area contributed by atoms with E-state index in [1.54, 1.807) is 6.92 Å². The summed E-state index contributed by atoms with van der Waals surface area (Å²) in [7, 11) is 0. The van der Waals surface area contributed by atoms with Crippen LogP contribution in [0.2, 0.25) is 0 Å². The van der Waals surface area contributed by atoms with Crippen LogP contribution in [0, 0.1) is 0 Å². The quantitative estimate of drug-likeness (QED) is 0.657. The molecule has 1 atom stereocenters. The summed E-state index contributed by atoms with van der Waals surface area (Å²) >= 11 is 0. The second-order valence-corrected chi connectivity index (χ2v) is 3.35. The van der Waals surface area contributed by atoms with Crippen LogP contribution in [-0.4, -0.2) is 17.7 Å². The van der Waals surface area contributed by atoms with Gasteiger partial charge in [0.05, 0.1) is 12.1 Å². The van der Waals surface area contributed by atoms with Gasteiger partial charge in [-0.3, -0.25) is 0 Å². The first-order valence-corrected chi connectivity index (χ1v) is 4.32. The van der Waals surface area contributed by atoms with Gasteiger partial charge < -0.3 is 16.2 Å². The van der Waals surface area contributed by atoms with Crippen LogP contribution in [0.5, 0.6) is 0 Å². The zero-order valence-corrected chi connectivity index (χ0v) is 8.03. The van der Waals surface area contributed by atoms with Gasteiger partial charge in [-0.05, 0) is 12.5 Å². The lowest BCUT2D eigenvalue weighted by atomic mass is 9.93. The molecule has 0 bridgehead atoms. The van der Waals surface area contributed by atoms with E-state index in [9.17, 15) is 9.90 Å². The lowest BCUT2D eigenvalue weighted by Crippen LogP contribution is -2.48. The summed E-state index contributed by atoms with van der Waals surface area (Å²) in [5.74, 6) is 0. The van der Waals surface area contributed by atoms with Gasteiger partial charge in [-0.1, -0.05) is 30.3 Å². The third kappa shape index (κ3) is 2.23. The highest BCUT2D eigenvalue weighted by molar-refractivity contribution is 5.72. The van der Waals surface area contributed by atoms with E-state index >= 15 is 0 Å². The molecule has 0 saturated carbocycles. The van der Waals surface area contributed by atoms with Crippen LogP contribution < -0.4 is 11.1 Å². The number of aliphatic hydroxyl groups excluding tert-OH is 1. The van der Waals surface area contributed by atoms with E-state index in [0.29, 0.717) is 0 Å². The van der Waals surface area contributed by atoms with Crippen molar-refractivity contribution in [2.75, 3.05) is 6.61 Å². The average Bonchev–Trinajstić information content (AvgIpc) is 2.18. The maximum atomic E-state index is 10.7. The Labute approximate surface area is 82.7 Å². The molecule has 1 aromatic rings. The van der Waals surface area contributed by atoms with Crippen molar-refractivity contribution in [3.05, 3.63) is 35.9 Å². The van der Waals surface area contributed by atoms with Crippen LogP contribution in [-0.2, 0) is 5.54 Å². The van der Waals surface area contributed by atoms with E-state index < -0.39 is 11.6 Å². The smallest absolute Gasteiger partial charge is 0.312 e. The summed E-state index contributed by atoms with van der Waals surface area (Å²) in [4.78, 5) is 10.7. The number of carbonyl (C=O) groups is 1. The highest BCUT2D eigenvalue weighted by Gasteiger charge is 2.26. The molecule has 0 fully saturated rings. The Bertz CT molecular complexity index is 313. The van der Waals surface area contributed by atoms with E-state index in [4.69, 9.17) is 5.73 Å². The molecule has 1 aromatic carbocycles. The molecule has 1 rings (SSSR count). The van der Waals surface area contributed by atoms with Crippen LogP contribution >= 0.6 is 0 Å². The third-order valence-electron chi connectivity index (χ3n) is 2.13. The van der Waals surface area contributed by atoms with E-state index in [1.807, 2.05) is 30.3 Å². The lowest BCUT2D eigenvalue weighted by Gasteiger charge is -2.28. The number of amides is 2. The predicted molar refractivity (Wildman–Crippen MR) is 53.6 cm³/mol. The number of benzene rings is 1. The van der Waals surface area contributed by atoms with Crippen molar-refractivity contribution in [2.24, 2.45) is 5.73 Å². The Hall–Kier alpha value is -1.55. The lowest BCUT2D eigenvalue weighted by molar-refractivity contribution is 0.175. The van der Waals surface area contributed by atoms with Gasteiger partial charge >= 0.3 is 6.03 Å². The first-order chi connectivity index (χ1) is 6.58. The number of nitrogens with two attached hydrogens (primary N) is 1. The topological polar surface area (TPSA) is 75.3 Å². The van der Waals surface area contributed by atoms with Gasteiger partial charge in [0.15, 0.2) is 0 Å². The SMILES string of the molecule is CC(CO)(NC(N)=O)c1ccccc1. The molecule has 0 aliphatic heterocycles. The molecule has 0 aliphatic carbocycles. The van der Waals surface area contributed by atoms with Gasteiger partial charge in [0.25, 0.3) is 0 Å². The number of primary amides is 1. The average molecular weight is 194 g/mol. The summed E-state index contributed by atoms with van der Waals surface area (Å²) in [6, 6.07) is 8.55.